The molecule has 1 amide bonds. The number of hydrogen-bond donors (Lipinski definition) is 0. The molecule has 1 aliphatic heterocycles. The molecule has 146 valence electrons. The Bertz CT molecular complexity index is 1150. The van der Waals surface area contributed by atoms with Gasteiger partial charge in [0, 0.05) is 37.3 Å². The number of sulfone groups is 1. The molecule has 2 aromatic heterocycles. The number of amides is 1. The van der Waals surface area contributed by atoms with Crippen LogP contribution in [0.1, 0.15) is 28.8 Å². The quantitative estimate of drug-likeness (QED) is 0.665. The summed E-state index contributed by atoms with van der Waals surface area (Å²) in [6, 6.07) is 7.40. The van der Waals surface area contributed by atoms with E-state index in [1.807, 2.05) is 25.1 Å². The van der Waals surface area contributed by atoms with E-state index < -0.39 is 15.1 Å². The molecule has 0 unspecified atom stereocenters. The van der Waals surface area contributed by atoms with Gasteiger partial charge in [0.1, 0.15) is 6.33 Å². The van der Waals surface area contributed by atoms with E-state index in [4.69, 9.17) is 0 Å². The van der Waals surface area contributed by atoms with E-state index in [0.717, 1.165) is 16.5 Å². The number of rotatable bonds is 3. The Morgan fingerprint density at radius 2 is 1.93 bits per heavy atom. The number of aromatic nitrogens is 4. The number of benzene rings is 1. The lowest BCUT2D eigenvalue weighted by Gasteiger charge is -2.31. The number of pyridine rings is 1. The summed E-state index contributed by atoms with van der Waals surface area (Å²) in [4.78, 5) is 19.0. The van der Waals surface area contributed by atoms with Crippen molar-refractivity contribution in [2.24, 2.45) is 7.05 Å². The molecule has 0 aliphatic carbocycles. The van der Waals surface area contributed by atoms with Gasteiger partial charge in [-0.1, -0.05) is 0 Å². The Balaban J connectivity index is 1.50. The van der Waals surface area contributed by atoms with Crippen molar-refractivity contribution in [1.82, 2.24) is 24.6 Å². The molecule has 0 radical (unpaired) electrons. The highest BCUT2D eigenvalue weighted by Gasteiger charge is 2.35. The summed E-state index contributed by atoms with van der Waals surface area (Å²) in [7, 11) is -1.94. The fraction of sp³-hybridized carbons (Fsp3) is 0.368. The van der Waals surface area contributed by atoms with Gasteiger partial charge in [-0.2, -0.15) is 0 Å². The van der Waals surface area contributed by atoms with E-state index >= 15 is 0 Å². The first-order valence-electron chi connectivity index (χ1n) is 9.10. The van der Waals surface area contributed by atoms with Crippen LogP contribution in [0, 0.1) is 6.92 Å². The molecule has 9 heteroatoms. The van der Waals surface area contributed by atoms with Gasteiger partial charge >= 0.3 is 0 Å². The molecule has 4 rings (SSSR count). The van der Waals surface area contributed by atoms with E-state index in [2.05, 4.69) is 15.2 Å². The van der Waals surface area contributed by atoms with Crippen molar-refractivity contribution in [1.29, 1.82) is 0 Å². The van der Waals surface area contributed by atoms with Crippen LogP contribution in [-0.2, 0) is 16.9 Å². The van der Waals surface area contributed by atoms with Crippen LogP contribution in [0.4, 0.5) is 0 Å². The molecular weight excluding hydrogens is 378 g/mol. The number of carbonyl (C=O) groups excluding carboxylic acids is 1. The van der Waals surface area contributed by atoms with Crippen molar-refractivity contribution in [2.75, 3.05) is 13.1 Å². The maximum atomic E-state index is 12.9. The van der Waals surface area contributed by atoms with E-state index in [1.165, 1.54) is 10.9 Å². The molecule has 8 nitrogen and oxygen atoms in total. The molecular formula is C19H21N5O3S. The van der Waals surface area contributed by atoms with Crippen molar-refractivity contribution in [3.05, 3.63) is 47.9 Å². The molecule has 0 spiro atoms. The van der Waals surface area contributed by atoms with E-state index in [-0.39, 0.29) is 11.1 Å². The fourth-order valence-electron chi connectivity index (χ4n) is 3.65. The van der Waals surface area contributed by atoms with Gasteiger partial charge in [0.2, 0.25) is 15.0 Å². The van der Waals surface area contributed by atoms with Crippen LogP contribution in [0.3, 0.4) is 0 Å². The largest absolute Gasteiger partial charge is 0.339 e. The van der Waals surface area contributed by atoms with Gasteiger partial charge in [0.25, 0.3) is 5.91 Å². The predicted octanol–water partition coefficient (Wildman–Crippen LogP) is 1.75. The number of piperidine rings is 1. The van der Waals surface area contributed by atoms with E-state index in [0.29, 0.717) is 31.5 Å². The van der Waals surface area contributed by atoms with Crippen molar-refractivity contribution in [3.8, 4) is 0 Å². The number of fused-ring (bicyclic) bond motifs is 1. The maximum Gasteiger partial charge on any atom is 0.253 e. The van der Waals surface area contributed by atoms with Crippen LogP contribution in [0.2, 0.25) is 0 Å². The molecule has 3 aromatic rings. The molecule has 28 heavy (non-hydrogen) atoms. The zero-order valence-corrected chi connectivity index (χ0v) is 16.6. The van der Waals surface area contributed by atoms with E-state index in [9.17, 15) is 13.2 Å². The van der Waals surface area contributed by atoms with Crippen molar-refractivity contribution < 1.29 is 13.2 Å². The van der Waals surface area contributed by atoms with Crippen LogP contribution in [0.25, 0.3) is 10.9 Å². The molecule has 1 fully saturated rings. The number of likely N-dealkylation sites (tertiary alicyclic amines) is 1. The number of carbonyl (C=O) groups is 1. The normalized spacial score (nSPS) is 15.9. The molecule has 0 atom stereocenters. The lowest BCUT2D eigenvalue weighted by atomic mass is 10.0. The maximum absolute atomic E-state index is 12.9. The molecule has 0 N–H and O–H groups in total. The van der Waals surface area contributed by atoms with Crippen LogP contribution < -0.4 is 0 Å². The first-order valence-corrected chi connectivity index (χ1v) is 10.6. The highest BCUT2D eigenvalue weighted by atomic mass is 32.2. The monoisotopic (exact) mass is 399 g/mol. The molecule has 1 aromatic carbocycles. The minimum atomic E-state index is -3.55. The standard InChI is InChI=1S/C19H21N5O3S/c1-13-5-8-20-17-4-3-14(11-16(13)17)18(25)24-9-6-15(7-10-24)28(26,27)19-22-21-12-23(19)2/h3-5,8,11-12,15H,6-7,9-10H2,1-2H3. The molecule has 0 saturated carbocycles. The first-order chi connectivity index (χ1) is 13.4. The lowest BCUT2D eigenvalue weighted by molar-refractivity contribution is 0.0725. The van der Waals surface area contributed by atoms with Crippen molar-refractivity contribution in [2.45, 2.75) is 30.2 Å². The predicted molar refractivity (Wildman–Crippen MR) is 104 cm³/mol. The molecule has 0 bridgehead atoms. The van der Waals surface area contributed by atoms with Gasteiger partial charge in [-0.25, -0.2) is 8.42 Å². The van der Waals surface area contributed by atoms with Gasteiger partial charge in [-0.15, -0.1) is 10.2 Å². The van der Waals surface area contributed by atoms with Crippen LogP contribution in [0.5, 0.6) is 0 Å². The second-order valence-electron chi connectivity index (χ2n) is 7.12. The minimum absolute atomic E-state index is 0.0187. The molecule has 1 saturated heterocycles. The van der Waals surface area contributed by atoms with Crippen LogP contribution in [0.15, 0.2) is 41.9 Å². The lowest BCUT2D eigenvalue weighted by Crippen LogP contribution is -2.42. The summed E-state index contributed by atoms with van der Waals surface area (Å²) in [6.45, 7) is 2.77. The van der Waals surface area contributed by atoms with Gasteiger partial charge < -0.3 is 9.47 Å². The smallest absolute Gasteiger partial charge is 0.253 e. The number of hydrogen-bond acceptors (Lipinski definition) is 6. The third-order valence-electron chi connectivity index (χ3n) is 5.30. The summed E-state index contributed by atoms with van der Waals surface area (Å²) in [6.07, 6.45) is 3.90. The highest BCUT2D eigenvalue weighted by molar-refractivity contribution is 7.91. The van der Waals surface area contributed by atoms with Gasteiger partial charge in [0.15, 0.2) is 0 Å². The van der Waals surface area contributed by atoms with E-state index in [1.54, 1.807) is 24.2 Å². The molecule has 1 aliphatic rings. The Morgan fingerprint density at radius 1 is 1.18 bits per heavy atom. The second kappa shape index (κ2) is 6.97. The number of aryl methyl sites for hydroxylation is 2. The topological polar surface area (TPSA) is 98.1 Å². The zero-order valence-electron chi connectivity index (χ0n) is 15.7. The Kier molecular flexibility index (Phi) is 4.62. The summed E-state index contributed by atoms with van der Waals surface area (Å²) in [5.41, 5.74) is 2.51. The third-order valence-corrected chi connectivity index (χ3v) is 7.53. The summed E-state index contributed by atoms with van der Waals surface area (Å²) >= 11 is 0. The summed E-state index contributed by atoms with van der Waals surface area (Å²) < 4.78 is 26.9. The SMILES string of the molecule is Cc1ccnc2ccc(C(=O)N3CCC(S(=O)(=O)c4nncn4C)CC3)cc12. The highest BCUT2D eigenvalue weighted by Crippen LogP contribution is 2.25. The molecule has 3 heterocycles. The van der Waals surface area contributed by atoms with Crippen molar-refractivity contribution in [3.63, 3.8) is 0 Å². The summed E-state index contributed by atoms with van der Waals surface area (Å²) in [5, 5.41) is 7.78. The van der Waals surface area contributed by atoms with Crippen molar-refractivity contribution >= 4 is 26.6 Å². The zero-order chi connectivity index (χ0) is 19.9. The average molecular weight is 399 g/mol. The Labute approximate surface area is 163 Å². The van der Waals surface area contributed by atoms with Crippen LogP contribution >= 0.6 is 0 Å². The van der Waals surface area contributed by atoms with Gasteiger partial charge in [-0.3, -0.25) is 9.78 Å². The summed E-state index contributed by atoms with van der Waals surface area (Å²) in [5.74, 6) is -0.0836. The second-order valence-corrected chi connectivity index (χ2v) is 9.24. The van der Waals surface area contributed by atoms with Gasteiger partial charge in [0.05, 0.1) is 10.8 Å². The third kappa shape index (κ3) is 3.15. The Morgan fingerprint density at radius 3 is 2.61 bits per heavy atom. The fourth-order valence-corrected chi connectivity index (χ4v) is 5.39. The number of nitrogens with zero attached hydrogens (tertiary/aromatic N) is 5. The van der Waals surface area contributed by atoms with Gasteiger partial charge in [-0.05, 0) is 49.6 Å². The first kappa shape index (κ1) is 18.5. The van der Waals surface area contributed by atoms with Crippen LogP contribution in [-0.4, -0.2) is 57.3 Å². The minimum Gasteiger partial charge on any atom is -0.339 e. The Hall–Kier alpha value is -2.81. The average Bonchev–Trinajstić information content (AvgIpc) is 3.14.